The SMILES string of the molecule is CCCCCCC(C)OC(C)CC(C)(C#N)NC. The lowest BCUT2D eigenvalue weighted by molar-refractivity contribution is -0.00904. The van der Waals surface area contributed by atoms with Gasteiger partial charge in [-0.05, 0) is 34.2 Å². The molecule has 0 heterocycles. The van der Waals surface area contributed by atoms with Crippen LogP contribution in [0.2, 0.25) is 0 Å². The van der Waals surface area contributed by atoms with Gasteiger partial charge in [0.1, 0.15) is 5.54 Å². The van der Waals surface area contributed by atoms with Gasteiger partial charge in [0.2, 0.25) is 0 Å². The number of rotatable bonds is 10. The van der Waals surface area contributed by atoms with Gasteiger partial charge >= 0.3 is 0 Å². The highest BCUT2D eigenvalue weighted by Crippen LogP contribution is 2.16. The van der Waals surface area contributed by atoms with Crippen molar-refractivity contribution in [2.75, 3.05) is 7.05 Å². The fourth-order valence-electron chi connectivity index (χ4n) is 2.15. The van der Waals surface area contributed by atoms with Gasteiger partial charge in [0.05, 0.1) is 18.3 Å². The Morgan fingerprint density at radius 3 is 2.39 bits per heavy atom. The van der Waals surface area contributed by atoms with Gasteiger partial charge in [-0.1, -0.05) is 32.6 Å². The van der Waals surface area contributed by atoms with Gasteiger partial charge in [-0.15, -0.1) is 0 Å². The molecular weight excluding hydrogens is 224 g/mol. The molecule has 0 spiro atoms. The van der Waals surface area contributed by atoms with Crippen molar-refractivity contribution in [3.05, 3.63) is 0 Å². The standard InChI is InChI=1S/C15H30N2O/c1-6-7-8-9-10-13(2)18-14(3)11-15(4,12-16)17-5/h13-14,17H,6-11H2,1-5H3. The molecule has 106 valence electrons. The van der Waals surface area contributed by atoms with E-state index in [-0.39, 0.29) is 12.2 Å². The third kappa shape index (κ3) is 7.68. The van der Waals surface area contributed by atoms with E-state index in [2.05, 4.69) is 32.2 Å². The van der Waals surface area contributed by atoms with Crippen molar-refractivity contribution in [1.82, 2.24) is 5.32 Å². The monoisotopic (exact) mass is 254 g/mol. The Hall–Kier alpha value is -0.590. The van der Waals surface area contributed by atoms with Crippen LogP contribution >= 0.6 is 0 Å². The predicted molar refractivity (Wildman–Crippen MR) is 76.5 cm³/mol. The lowest BCUT2D eigenvalue weighted by Crippen LogP contribution is -2.41. The third-order valence-electron chi connectivity index (χ3n) is 3.42. The Bertz CT molecular complexity index is 249. The Morgan fingerprint density at radius 1 is 1.22 bits per heavy atom. The molecule has 3 heteroatoms. The number of nitrogens with zero attached hydrogens (tertiary/aromatic N) is 1. The quantitative estimate of drug-likeness (QED) is 0.605. The van der Waals surface area contributed by atoms with Crippen LogP contribution in [-0.4, -0.2) is 24.8 Å². The molecule has 0 rings (SSSR count). The van der Waals surface area contributed by atoms with Crippen molar-refractivity contribution in [1.29, 1.82) is 5.26 Å². The molecule has 0 bridgehead atoms. The van der Waals surface area contributed by atoms with E-state index in [1.165, 1.54) is 25.7 Å². The van der Waals surface area contributed by atoms with E-state index in [1.807, 2.05) is 14.0 Å². The van der Waals surface area contributed by atoms with Crippen molar-refractivity contribution < 1.29 is 4.74 Å². The molecule has 0 aliphatic heterocycles. The number of nitrogens with one attached hydrogen (secondary N) is 1. The maximum atomic E-state index is 9.10. The third-order valence-corrected chi connectivity index (χ3v) is 3.42. The molecule has 3 atom stereocenters. The summed E-state index contributed by atoms with van der Waals surface area (Å²) in [7, 11) is 1.82. The molecule has 0 saturated carbocycles. The second-order valence-electron chi connectivity index (χ2n) is 5.50. The van der Waals surface area contributed by atoms with E-state index < -0.39 is 5.54 Å². The zero-order chi connectivity index (χ0) is 14.0. The topological polar surface area (TPSA) is 45.0 Å². The summed E-state index contributed by atoms with van der Waals surface area (Å²) in [6, 6.07) is 2.30. The van der Waals surface area contributed by atoms with E-state index in [0.717, 1.165) is 12.8 Å². The first-order valence-electron chi connectivity index (χ1n) is 7.23. The van der Waals surface area contributed by atoms with Gasteiger partial charge < -0.3 is 10.1 Å². The maximum Gasteiger partial charge on any atom is 0.106 e. The fraction of sp³-hybridized carbons (Fsp3) is 0.933. The summed E-state index contributed by atoms with van der Waals surface area (Å²) in [5, 5.41) is 12.2. The number of ether oxygens (including phenoxy) is 1. The molecule has 1 N–H and O–H groups in total. The minimum absolute atomic E-state index is 0.114. The van der Waals surface area contributed by atoms with Crippen LogP contribution in [0.3, 0.4) is 0 Å². The average Bonchev–Trinajstić information content (AvgIpc) is 2.34. The van der Waals surface area contributed by atoms with Crippen LogP contribution in [0.5, 0.6) is 0 Å². The highest BCUT2D eigenvalue weighted by Gasteiger charge is 2.25. The fourth-order valence-corrected chi connectivity index (χ4v) is 2.15. The molecule has 0 aromatic heterocycles. The number of hydrogen-bond acceptors (Lipinski definition) is 3. The minimum Gasteiger partial charge on any atom is -0.375 e. The van der Waals surface area contributed by atoms with E-state index in [1.54, 1.807) is 0 Å². The second-order valence-corrected chi connectivity index (χ2v) is 5.50. The van der Waals surface area contributed by atoms with E-state index >= 15 is 0 Å². The molecule has 18 heavy (non-hydrogen) atoms. The highest BCUT2D eigenvalue weighted by molar-refractivity contribution is 5.03. The predicted octanol–water partition coefficient (Wildman–Crippen LogP) is 3.64. The Kier molecular flexibility index (Phi) is 9.05. The van der Waals surface area contributed by atoms with Gasteiger partial charge in [-0.2, -0.15) is 5.26 Å². The van der Waals surface area contributed by atoms with Crippen LogP contribution in [0.15, 0.2) is 0 Å². The van der Waals surface area contributed by atoms with Crippen molar-refractivity contribution in [3.8, 4) is 6.07 Å². The summed E-state index contributed by atoms with van der Waals surface area (Å²) in [5.41, 5.74) is -0.485. The van der Waals surface area contributed by atoms with Crippen LogP contribution < -0.4 is 5.32 Å². The normalized spacial score (nSPS) is 17.8. The summed E-state index contributed by atoms with van der Waals surface area (Å²) in [6.45, 7) is 8.32. The molecule has 0 saturated heterocycles. The molecule has 0 aromatic rings. The van der Waals surface area contributed by atoms with E-state index in [9.17, 15) is 0 Å². The first-order valence-corrected chi connectivity index (χ1v) is 7.23. The van der Waals surface area contributed by atoms with Gasteiger partial charge in [0, 0.05) is 6.42 Å². The molecular formula is C15H30N2O. The summed E-state index contributed by atoms with van der Waals surface area (Å²) in [4.78, 5) is 0. The Balaban J connectivity index is 3.86. The number of unbranched alkanes of at least 4 members (excludes halogenated alkanes) is 3. The number of nitriles is 1. The summed E-state index contributed by atoms with van der Waals surface area (Å²) >= 11 is 0. The zero-order valence-electron chi connectivity index (χ0n) is 12.8. The average molecular weight is 254 g/mol. The maximum absolute atomic E-state index is 9.10. The molecule has 0 aliphatic rings. The Labute approximate surface area is 113 Å². The minimum atomic E-state index is -0.485. The van der Waals surface area contributed by atoms with Crippen molar-refractivity contribution in [2.24, 2.45) is 0 Å². The smallest absolute Gasteiger partial charge is 0.106 e. The molecule has 3 unspecified atom stereocenters. The highest BCUT2D eigenvalue weighted by atomic mass is 16.5. The summed E-state index contributed by atoms with van der Waals surface area (Å²) in [5.74, 6) is 0. The number of hydrogen-bond donors (Lipinski definition) is 1. The van der Waals surface area contributed by atoms with Gasteiger partial charge in [-0.25, -0.2) is 0 Å². The first kappa shape index (κ1) is 17.4. The summed E-state index contributed by atoms with van der Waals surface area (Å²) < 4.78 is 5.94. The van der Waals surface area contributed by atoms with E-state index in [0.29, 0.717) is 0 Å². The molecule has 3 nitrogen and oxygen atoms in total. The molecule has 0 aromatic carbocycles. The molecule has 0 radical (unpaired) electrons. The van der Waals surface area contributed by atoms with E-state index in [4.69, 9.17) is 10.00 Å². The molecule has 0 amide bonds. The van der Waals surface area contributed by atoms with Crippen LogP contribution in [0.25, 0.3) is 0 Å². The van der Waals surface area contributed by atoms with Crippen LogP contribution in [-0.2, 0) is 4.74 Å². The van der Waals surface area contributed by atoms with Crippen LogP contribution in [0.1, 0.15) is 66.2 Å². The van der Waals surface area contributed by atoms with Gasteiger partial charge in [0.25, 0.3) is 0 Å². The summed E-state index contributed by atoms with van der Waals surface area (Å²) in [6.07, 6.45) is 7.36. The zero-order valence-corrected chi connectivity index (χ0v) is 12.8. The first-order chi connectivity index (χ1) is 8.47. The largest absolute Gasteiger partial charge is 0.375 e. The van der Waals surface area contributed by atoms with Gasteiger partial charge in [-0.3, -0.25) is 0 Å². The Morgan fingerprint density at radius 2 is 1.89 bits per heavy atom. The lowest BCUT2D eigenvalue weighted by atomic mass is 9.97. The van der Waals surface area contributed by atoms with Crippen LogP contribution in [0.4, 0.5) is 0 Å². The van der Waals surface area contributed by atoms with Gasteiger partial charge in [0.15, 0.2) is 0 Å². The van der Waals surface area contributed by atoms with Crippen molar-refractivity contribution in [3.63, 3.8) is 0 Å². The molecule has 0 fully saturated rings. The molecule has 0 aliphatic carbocycles. The van der Waals surface area contributed by atoms with Crippen LogP contribution in [0, 0.1) is 11.3 Å². The lowest BCUT2D eigenvalue weighted by Gasteiger charge is -2.27. The second kappa shape index (κ2) is 9.35. The van der Waals surface area contributed by atoms with Crippen molar-refractivity contribution in [2.45, 2.75) is 84.0 Å². The van der Waals surface area contributed by atoms with Crippen molar-refractivity contribution >= 4 is 0 Å².